The van der Waals surface area contributed by atoms with Crippen LogP contribution in [-0.2, 0) is 0 Å². The number of piperidine rings is 1. The van der Waals surface area contributed by atoms with Crippen LogP contribution in [0.5, 0.6) is 5.75 Å². The number of methoxy groups -OCH3 is 1. The van der Waals surface area contributed by atoms with E-state index in [4.69, 9.17) is 4.74 Å². The van der Waals surface area contributed by atoms with Crippen LogP contribution in [0.15, 0.2) is 23.6 Å². The van der Waals surface area contributed by atoms with E-state index in [-0.39, 0.29) is 5.91 Å². The smallest absolute Gasteiger partial charge is 0.273 e. The summed E-state index contributed by atoms with van der Waals surface area (Å²) < 4.78 is 5.37. The molecule has 3 rings (SSSR count). The van der Waals surface area contributed by atoms with Gasteiger partial charge >= 0.3 is 0 Å². The normalized spacial score (nSPS) is 15.4. The number of aryl methyl sites for hydroxylation is 1. The van der Waals surface area contributed by atoms with E-state index in [9.17, 15) is 4.79 Å². The van der Waals surface area contributed by atoms with E-state index >= 15 is 0 Å². The number of nitrogens with one attached hydrogen (secondary N) is 1. The molecular formula is C18H23N3O2S. The Morgan fingerprint density at radius 1 is 1.38 bits per heavy atom. The van der Waals surface area contributed by atoms with Crippen molar-refractivity contribution in [1.29, 1.82) is 0 Å². The zero-order valence-corrected chi connectivity index (χ0v) is 15.2. The number of carbonyl (C=O) groups excluding carboxylic acids is 1. The maximum Gasteiger partial charge on any atom is 0.273 e. The molecule has 0 spiro atoms. The second-order valence-electron chi connectivity index (χ2n) is 6.34. The zero-order valence-electron chi connectivity index (χ0n) is 14.3. The highest BCUT2D eigenvalue weighted by atomic mass is 32.1. The molecule has 0 radical (unpaired) electrons. The van der Waals surface area contributed by atoms with E-state index in [0.29, 0.717) is 16.7 Å². The van der Waals surface area contributed by atoms with E-state index in [2.05, 4.69) is 17.2 Å². The predicted molar refractivity (Wildman–Crippen MR) is 97.4 cm³/mol. The molecule has 5 nitrogen and oxygen atoms in total. The molecular weight excluding hydrogens is 322 g/mol. The first-order valence-electron chi connectivity index (χ1n) is 8.23. The van der Waals surface area contributed by atoms with Crippen LogP contribution in [0.2, 0.25) is 0 Å². The topological polar surface area (TPSA) is 54.5 Å². The zero-order chi connectivity index (χ0) is 17.1. The third kappa shape index (κ3) is 3.70. The van der Waals surface area contributed by atoms with Crippen molar-refractivity contribution < 1.29 is 9.53 Å². The first-order chi connectivity index (χ1) is 11.6. The number of ether oxygens (including phenoxy) is 1. The Labute approximate surface area is 146 Å². The SMILES string of the molecule is COc1ccc(C)cc1Nc1nc(C(=O)N2CCC(C)CC2)cs1. The average Bonchev–Trinajstić information content (AvgIpc) is 3.04. The summed E-state index contributed by atoms with van der Waals surface area (Å²) in [6.45, 7) is 5.92. The quantitative estimate of drug-likeness (QED) is 0.907. The number of rotatable bonds is 4. The molecule has 0 bridgehead atoms. The molecule has 1 aromatic heterocycles. The molecule has 0 unspecified atom stereocenters. The summed E-state index contributed by atoms with van der Waals surface area (Å²) in [6.07, 6.45) is 2.14. The predicted octanol–water partition coefficient (Wildman–Crippen LogP) is 4.08. The number of nitrogens with zero attached hydrogens (tertiary/aromatic N) is 2. The first kappa shape index (κ1) is 16.8. The lowest BCUT2D eigenvalue weighted by atomic mass is 9.99. The van der Waals surface area contributed by atoms with Gasteiger partial charge in [0, 0.05) is 18.5 Å². The summed E-state index contributed by atoms with van der Waals surface area (Å²) in [5.74, 6) is 1.49. The van der Waals surface area contributed by atoms with Crippen LogP contribution in [-0.4, -0.2) is 36.0 Å². The van der Waals surface area contributed by atoms with Gasteiger partial charge in [-0.05, 0) is 43.4 Å². The van der Waals surface area contributed by atoms with E-state index in [0.717, 1.165) is 42.9 Å². The van der Waals surface area contributed by atoms with Crippen molar-refractivity contribution in [1.82, 2.24) is 9.88 Å². The highest BCUT2D eigenvalue weighted by Crippen LogP contribution is 2.30. The Morgan fingerprint density at radius 3 is 2.83 bits per heavy atom. The Kier molecular flexibility index (Phi) is 5.04. The van der Waals surface area contributed by atoms with E-state index < -0.39 is 0 Å². The second-order valence-corrected chi connectivity index (χ2v) is 7.20. The number of anilines is 2. The van der Waals surface area contributed by atoms with E-state index in [1.807, 2.05) is 35.4 Å². The van der Waals surface area contributed by atoms with Crippen LogP contribution in [0.25, 0.3) is 0 Å². The van der Waals surface area contributed by atoms with Crippen LogP contribution >= 0.6 is 11.3 Å². The van der Waals surface area contributed by atoms with Crippen LogP contribution in [0.1, 0.15) is 35.8 Å². The van der Waals surface area contributed by atoms with Crippen LogP contribution in [0.3, 0.4) is 0 Å². The minimum atomic E-state index is 0.0300. The molecule has 1 amide bonds. The third-order valence-corrected chi connectivity index (χ3v) is 5.15. The largest absolute Gasteiger partial charge is 0.495 e. The van der Waals surface area contributed by atoms with Crippen molar-refractivity contribution in [2.75, 3.05) is 25.5 Å². The number of amides is 1. The van der Waals surface area contributed by atoms with Gasteiger partial charge in [-0.1, -0.05) is 13.0 Å². The molecule has 6 heteroatoms. The molecule has 1 aliphatic heterocycles. The number of likely N-dealkylation sites (tertiary alicyclic amines) is 1. The molecule has 1 aromatic carbocycles. The van der Waals surface area contributed by atoms with Crippen LogP contribution in [0, 0.1) is 12.8 Å². The highest BCUT2D eigenvalue weighted by Gasteiger charge is 2.23. The van der Waals surface area contributed by atoms with Crippen molar-refractivity contribution in [3.05, 3.63) is 34.8 Å². The second kappa shape index (κ2) is 7.21. The summed E-state index contributed by atoms with van der Waals surface area (Å²) >= 11 is 1.44. The summed E-state index contributed by atoms with van der Waals surface area (Å²) in [5, 5.41) is 5.79. The van der Waals surface area contributed by atoms with E-state index in [1.165, 1.54) is 11.3 Å². The average molecular weight is 345 g/mol. The number of thiazole rings is 1. The maximum absolute atomic E-state index is 12.6. The van der Waals surface area contributed by atoms with Gasteiger partial charge < -0.3 is 15.0 Å². The molecule has 0 aliphatic carbocycles. The van der Waals surface area contributed by atoms with Crippen molar-refractivity contribution in [2.24, 2.45) is 5.92 Å². The van der Waals surface area contributed by atoms with Gasteiger partial charge in [0.1, 0.15) is 11.4 Å². The van der Waals surface area contributed by atoms with Crippen molar-refractivity contribution in [2.45, 2.75) is 26.7 Å². The van der Waals surface area contributed by atoms with Crippen molar-refractivity contribution in [3.8, 4) is 5.75 Å². The van der Waals surface area contributed by atoms with Gasteiger partial charge in [0.25, 0.3) is 5.91 Å². The molecule has 0 atom stereocenters. The summed E-state index contributed by atoms with van der Waals surface area (Å²) in [6, 6.07) is 5.93. The van der Waals surface area contributed by atoms with Gasteiger partial charge in [0.2, 0.25) is 0 Å². The Hall–Kier alpha value is -2.08. The summed E-state index contributed by atoms with van der Waals surface area (Å²) in [7, 11) is 1.64. The van der Waals surface area contributed by atoms with Gasteiger partial charge in [0.05, 0.1) is 12.8 Å². The fourth-order valence-corrected chi connectivity index (χ4v) is 3.53. The Morgan fingerprint density at radius 2 is 2.12 bits per heavy atom. The molecule has 0 saturated carbocycles. The molecule has 2 heterocycles. The third-order valence-electron chi connectivity index (χ3n) is 4.39. The standard InChI is InChI=1S/C18H23N3O2S/c1-12-6-8-21(9-7-12)17(22)15-11-24-18(20-15)19-14-10-13(2)4-5-16(14)23-3/h4-5,10-12H,6-9H2,1-3H3,(H,19,20). The number of hydrogen-bond acceptors (Lipinski definition) is 5. The first-order valence-corrected chi connectivity index (χ1v) is 9.11. The van der Waals surface area contributed by atoms with Gasteiger partial charge in [-0.25, -0.2) is 4.98 Å². The van der Waals surface area contributed by atoms with Crippen LogP contribution < -0.4 is 10.1 Å². The number of hydrogen-bond donors (Lipinski definition) is 1. The molecule has 1 saturated heterocycles. The number of carbonyl (C=O) groups is 1. The van der Waals surface area contributed by atoms with Gasteiger partial charge in [-0.15, -0.1) is 11.3 Å². The highest BCUT2D eigenvalue weighted by molar-refractivity contribution is 7.14. The fraction of sp³-hybridized carbons (Fsp3) is 0.444. The molecule has 2 aromatic rings. The number of aromatic nitrogens is 1. The maximum atomic E-state index is 12.6. The van der Waals surface area contributed by atoms with Crippen molar-refractivity contribution >= 4 is 28.1 Å². The van der Waals surface area contributed by atoms with Gasteiger partial charge in [-0.3, -0.25) is 4.79 Å². The van der Waals surface area contributed by atoms with Gasteiger partial charge in [0.15, 0.2) is 5.13 Å². The molecule has 1 fully saturated rings. The molecule has 1 aliphatic rings. The minimum Gasteiger partial charge on any atom is -0.495 e. The van der Waals surface area contributed by atoms with E-state index in [1.54, 1.807) is 7.11 Å². The lowest BCUT2D eigenvalue weighted by molar-refractivity contribution is 0.0692. The lowest BCUT2D eigenvalue weighted by Gasteiger charge is -2.29. The van der Waals surface area contributed by atoms with Crippen molar-refractivity contribution in [3.63, 3.8) is 0 Å². The fourth-order valence-electron chi connectivity index (χ4n) is 2.84. The van der Waals surface area contributed by atoms with Crippen LogP contribution in [0.4, 0.5) is 10.8 Å². The lowest BCUT2D eigenvalue weighted by Crippen LogP contribution is -2.38. The summed E-state index contributed by atoms with van der Waals surface area (Å²) in [4.78, 5) is 18.9. The number of benzene rings is 1. The molecule has 128 valence electrons. The summed E-state index contributed by atoms with van der Waals surface area (Å²) in [5.41, 5.74) is 2.51. The molecule has 24 heavy (non-hydrogen) atoms. The minimum absolute atomic E-state index is 0.0300. The Balaban J connectivity index is 1.72. The van der Waals surface area contributed by atoms with Gasteiger partial charge in [-0.2, -0.15) is 0 Å². The molecule has 1 N–H and O–H groups in total. The Bertz CT molecular complexity index is 721. The monoisotopic (exact) mass is 345 g/mol.